The van der Waals surface area contributed by atoms with Crippen molar-refractivity contribution < 1.29 is 4.79 Å². The SMILES string of the molecule is CC(C)(C)CC(=O)Nc1ccc(I)cc1. The van der Waals surface area contributed by atoms with Crippen molar-refractivity contribution in [2.75, 3.05) is 5.32 Å². The molecular formula is C12H16INO. The molecule has 1 aromatic carbocycles. The summed E-state index contributed by atoms with van der Waals surface area (Å²) in [4.78, 5) is 11.6. The molecule has 1 aromatic rings. The summed E-state index contributed by atoms with van der Waals surface area (Å²) in [7, 11) is 0. The summed E-state index contributed by atoms with van der Waals surface area (Å²) in [6, 6.07) is 7.80. The summed E-state index contributed by atoms with van der Waals surface area (Å²) < 4.78 is 1.17. The van der Waals surface area contributed by atoms with Crippen LogP contribution in [0.25, 0.3) is 0 Å². The number of hydrogen-bond donors (Lipinski definition) is 1. The van der Waals surface area contributed by atoms with E-state index in [1.807, 2.05) is 24.3 Å². The molecular weight excluding hydrogens is 301 g/mol. The van der Waals surface area contributed by atoms with Crippen molar-refractivity contribution in [3.05, 3.63) is 27.8 Å². The molecule has 0 aliphatic rings. The van der Waals surface area contributed by atoms with E-state index in [-0.39, 0.29) is 11.3 Å². The minimum absolute atomic E-state index is 0.0350. The molecule has 0 spiro atoms. The Morgan fingerprint density at radius 3 is 2.27 bits per heavy atom. The molecule has 15 heavy (non-hydrogen) atoms. The Kier molecular flexibility index (Phi) is 4.13. The van der Waals surface area contributed by atoms with Crippen molar-refractivity contribution in [3.8, 4) is 0 Å². The summed E-state index contributed by atoms with van der Waals surface area (Å²) in [6.45, 7) is 6.17. The van der Waals surface area contributed by atoms with Crippen LogP contribution in [0.1, 0.15) is 27.2 Å². The zero-order valence-corrected chi connectivity index (χ0v) is 11.5. The second-order valence-electron chi connectivity index (χ2n) is 4.79. The average molecular weight is 317 g/mol. The number of hydrogen-bond acceptors (Lipinski definition) is 1. The summed E-state index contributed by atoms with van der Waals surface area (Å²) in [5.74, 6) is 0.0729. The fraction of sp³-hybridized carbons (Fsp3) is 0.417. The number of nitrogens with one attached hydrogen (secondary N) is 1. The summed E-state index contributed by atoms with van der Waals surface area (Å²) >= 11 is 2.24. The Hall–Kier alpha value is -0.580. The van der Waals surface area contributed by atoms with Crippen LogP contribution in [0.4, 0.5) is 5.69 Å². The average Bonchev–Trinajstić information content (AvgIpc) is 2.05. The number of rotatable bonds is 2. The smallest absolute Gasteiger partial charge is 0.224 e. The highest BCUT2D eigenvalue weighted by molar-refractivity contribution is 14.1. The zero-order valence-electron chi connectivity index (χ0n) is 9.30. The maximum Gasteiger partial charge on any atom is 0.224 e. The van der Waals surface area contributed by atoms with Crippen LogP contribution in [0.15, 0.2) is 24.3 Å². The van der Waals surface area contributed by atoms with Gasteiger partial charge in [0, 0.05) is 15.7 Å². The first kappa shape index (κ1) is 12.5. The standard InChI is InChI=1S/C12H16INO/c1-12(2,3)8-11(15)14-10-6-4-9(13)5-7-10/h4-7H,8H2,1-3H3,(H,14,15). The van der Waals surface area contributed by atoms with Crippen molar-refractivity contribution in [2.45, 2.75) is 27.2 Å². The van der Waals surface area contributed by atoms with Gasteiger partial charge in [-0.05, 0) is 52.3 Å². The van der Waals surface area contributed by atoms with Crippen LogP contribution in [0.3, 0.4) is 0 Å². The molecule has 0 radical (unpaired) electrons. The first-order valence-corrected chi connectivity index (χ1v) is 6.00. The number of anilines is 1. The van der Waals surface area contributed by atoms with Gasteiger partial charge in [0.25, 0.3) is 0 Å². The molecule has 1 amide bonds. The normalized spacial score (nSPS) is 11.2. The lowest BCUT2D eigenvalue weighted by Crippen LogP contribution is -2.19. The molecule has 1 rings (SSSR count). The number of carbonyl (C=O) groups is 1. The van der Waals surface area contributed by atoms with Gasteiger partial charge in [0.2, 0.25) is 5.91 Å². The fourth-order valence-corrected chi connectivity index (χ4v) is 1.58. The quantitative estimate of drug-likeness (QED) is 0.829. The maximum absolute atomic E-state index is 11.6. The van der Waals surface area contributed by atoms with E-state index < -0.39 is 0 Å². The molecule has 0 aliphatic carbocycles. The van der Waals surface area contributed by atoms with Crippen LogP contribution in [-0.2, 0) is 4.79 Å². The molecule has 0 aromatic heterocycles. The molecule has 0 saturated heterocycles. The van der Waals surface area contributed by atoms with Gasteiger partial charge in [0.15, 0.2) is 0 Å². The number of amides is 1. The molecule has 0 saturated carbocycles. The Bertz CT molecular complexity index is 338. The van der Waals surface area contributed by atoms with E-state index in [0.717, 1.165) is 5.69 Å². The van der Waals surface area contributed by atoms with E-state index in [1.165, 1.54) is 3.57 Å². The lowest BCUT2D eigenvalue weighted by molar-refractivity contribution is -0.117. The van der Waals surface area contributed by atoms with E-state index >= 15 is 0 Å². The van der Waals surface area contributed by atoms with Crippen LogP contribution < -0.4 is 5.32 Å². The zero-order chi connectivity index (χ0) is 11.5. The third-order valence-corrected chi connectivity index (χ3v) is 2.54. The molecule has 0 aliphatic heterocycles. The molecule has 0 bridgehead atoms. The van der Waals surface area contributed by atoms with Crippen molar-refractivity contribution >= 4 is 34.2 Å². The molecule has 2 nitrogen and oxygen atoms in total. The van der Waals surface area contributed by atoms with Gasteiger partial charge in [-0.1, -0.05) is 20.8 Å². The van der Waals surface area contributed by atoms with Crippen molar-refractivity contribution in [1.29, 1.82) is 0 Å². The first-order valence-electron chi connectivity index (χ1n) is 4.92. The minimum atomic E-state index is 0.0350. The molecule has 1 N–H and O–H groups in total. The van der Waals surface area contributed by atoms with Gasteiger partial charge in [-0.2, -0.15) is 0 Å². The maximum atomic E-state index is 11.6. The van der Waals surface area contributed by atoms with E-state index in [4.69, 9.17) is 0 Å². The molecule has 0 atom stereocenters. The summed E-state index contributed by atoms with van der Waals surface area (Å²) in [5, 5.41) is 2.88. The van der Waals surface area contributed by atoms with Gasteiger partial charge in [-0.3, -0.25) is 4.79 Å². The van der Waals surface area contributed by atoms with Gasteiger partial charge in [-0.25, -0.2) is 0 Å². The molecule has 0 heterocycles. The van der Waals surface area contributed by atoms with Crippen molar-refractivity contribution in [2.24, 2.45) is 5.41 Å². The van der Waals surface area contributed by atoms with Gasteiger partial charge in [-0.15, -0.1) is 0 Å². The first-order chi connectivity index (χ1) is 6.87. The third kappa shape index (κ3) is 5.16. The molecule has 0 unspecified atom stereocenters. The number of benzene rings is 1. The van der Waals surface area contributed by atoms with E-state index in [1.54, 1.807) is 0 Å². The highest BCUT2D eigenvalue weighted by Gasteiger charge is 2.15. The van der Waals surface area contributed by atoms with Crippen LogP contribution in [0.5, 0.6) is 0 Å². The molecule has 82 valence electrons. The Morgan fingerprint density at radius 2 is 1.80 bits per heavy atom. The summed E-state index contributed by atoms with van der Waals surface area (Å²) in [5.41, 5.74) is 0.900. The highest BCUT2D eigenvalue weighted by Crippen LogP contribution is 2.19. The largest absolute Gasteiger partial charge is 0.326 e. The number of halogens is 1. The van der Waals surface area contributed by atoms with Gasteiger partial charge < -0.3 is 5.32 Å². The minimum Gasteiger partial charge on any atom is -0.326 e. The Labute approximate surface area is 105 Å². The van der Waals surface area contributed by atoms with E-state index in [9.17, 15) is 4.79 Å². The Balaban J connectivity index is 2.55. The predicted molar refractivity (Wildman–Crippen MR) is 71.9 cm³/mol. The van der Waals surface area contributed by atoms with Crippen LogP contribution >= 0.6 is 22.6 Å². The van der Waals surface area contributed by atoms with Crippen molar-refractivity contribution in [3.63, 3.8) is 0 Å². The van der Waals surface area contributed by atoms with Crippen LogP contribution in [0, 0.1) is 8.99 Å². The molecule has 0 fully saturated rings. The topological polar surface area (TPSA) is 29.1 Å². The van der Waals surface area contributed by atoms with Crippen LogP contribution in [0.2, 0.25) is 0 Å². The highest BCUT2D eigenvalue weighted by atomic mass is 127. The number of carbonyl (C=O) groups excluding carboxylic acids is 1. The van der Waals surface area contributed by atoms with Gasteiger partial charge in [0.05, 0.1) is 0 Å². The monoisotopic (exact) mass is 317 g/mol. The second kappa shape index (κ2) is 4.96. The molecule has 3 heteroatoms. The van der Waals surface area contributed by atoms with Crippen LogP contribution in [-0.4, -0.2) is 5.91 Å². The van der Waals surface area contributed by atoms with E-state index in [2.05, 4.69) is 48.7 Å². The Morgan fingerprint density at radius 1 is 1.27 bits per heavy atom. The van der Waals surface area contributed by atoms with Gasteiger partial charge >= 0.3 is 0 Å². The lowest BCUT2D eigenvalue weighted by atomic mass is 9.92. The third-order valence-electron chi connectivity index (χ3n) is 1.82. The second-order valence-corrected chi connectivity index (χ2v) is 6.04. The lowest BCUT2D eigenvalue weighted by Gasteiger charge is -2.17. The van der Waals surface area contributed by atoms with Crippen molar-refractivity contribution in [1.82, 2.24) is 0 Å². The van der Waals surface area contributed by atoms with E-state index in [0.29, 0.717) is 6.42 Å². The predicted octanol–water partition coefficient (Wildman–Crippen LogP) is 3.67. The van der Waals surface area contributed by atoms with Gasteiger partial charge in [0.1, 0.15) is 0 Å². The summed E-state index contributed by atoms with van der Waals surface area (Å²) in [6.07, 6.45) is 0.541. The fourth-order valence-electron chi connectivity index (χ4n) is 1.22.